The normalized spacial score (nSPS) is 12.5. The van der Waals surface area contributed by atoms with E-state index in [9.17, 15) is 8.42 Å². The topological polar surface area (TPSA) is 139 Å². The molecule has 2 aromatic carbocycles. The molecule has 0 heterocycles. The van der Waals surface area contributed by atoms with Crippen LogP contribution in [0, 0.1) is 10.2 Å². The van der Waals surface area contributed by atoms with E-state index < -0.39 is 20.3 Å². The second kappa shape index (κ2) is 9.33. The Morgan fingerprint density at radius 3 is 2.18 bits per heavy atom. The number of fused-ring (bicyclic) bond motifs is 1. The van der Waals surface area contributed by atoms with Gasteiger partial charge in [-0.25, -0.2) is 13.1 Å². The van der Waals surface area contributed by atoms with E-state index in [1.165, 1.54) is 0 Å². The molecule has 0 atom stereocenters. The molecule has 2 aromatic rings. The zero-order valence-corrected chi connectivity index (χ0v) is 18.1. The van der Waals surface area contributed by atoms with Crippen LogP contribution in [-0.4, -0.2) is 65.9 Å². The van der Waals surface area contributed by atoms with E-state index in [1.54, 1.807) is 12.1 Å². The Balaban J connectivity index is 0.000000696. The summed E-state index contributed by atoms with van der Waals surface area (Å²) in [4.78, 5) is 2.30. The van der Waals surface area contributed by atoms with Gasteiger partial charge in [0, 0.05) is 25.2 Å². The molecule has 0 radical (unpaired) electrons. The maximum Gasteiger partial charge on any atom is 0.241 e. The largest absolute Gasteiger partial charge is 0.378 e. The first kappa shape index (κ1) is 24.5. The predicted molar refractivity (Wildman–Crippen MR) is 98.6 cm³/mol. The lowest BCUT2D eigenvalue weighted by Crippen LogP contribution is -2.58. The fraction of sp³-hybridized carbons (Fsp3) is 0.412. The highest BCUT2D eigenvalue weighted by molar-refractivity contribution is 7.89. The van der Waals surface area contributed by atoms with Gasteiger partial charge in [0.25, 0.3) is 0 Å². The number of likely N-dealkylation sites (N-methyl/N-ethyl adjacent to an activating group) is 1. The summed E-state index contributed by atoms with van der Waals surface area (Å²) in [6.45, 7) is 1.14. The Hall–Kier alpha value is -1.50. The van der Waals surface area contributed by atoms with Crippen molar-refractivity contribution in [3.8, 4) is 0 Å². The van der Waals surface area contributed by atoms with Crippen LogP contribution >= 0.6 is 0 Å². The number of hydrogen-bond acceptors (Lipinski definition) is 7. The Kier molecular flexibility index (Phi) is 8.18. The van der Waals surface area contributed by atoms with Crippen LogP contribution in [0.3, 0.4) is 0 Å². The molecule has 11 heteroatoms. The lowest BCUT2D eigenvalue weighted by atomic mass is 10.1. The summed E-state index contributed by atoms with van der Waals surface area (Å²) < 4.78 is 61.5. The molecule has 28 heavy (non-hydrogen) atoms. The first-order valence-electron chi connectivity index (χ1n) is 8.24. The summed E-state index contributed by atoms with van der Waals surface area (Å²) in [6, 6.07) is 11.2. The van der Waals surface area contributed by atoms with E-state index in [0.717, 1.165) is 23.0 Å². The molecule has 0 aliphatic rings. The van der Waals surface area contributed by atoms with Crippen LogP contribution in [0.1, 0.15) is 0 Å². The van der Waals surface area contributed by atoms with E-state index >= 15 is 0 Å². The lowest BCUT2D eigenvalue weighted by molar-refractivity contribution is -1.92. The third-order valence-electron chi connectivity index (χ3n) is 3.71. The summed E-state index contributed by atoms with van der Waals surface area (Å²) >= 11 is 0. The Morgan fingerprint density at radius 2 is 1.68 bits per heavy atom. The molecule has 0 amide bonds. The van der Waals surface area contributed by atoms with Gasteiger partial charge in [0.05, 0.1) is 54.0 Å². The molecule has 158 valence electrons. The van der Waals surface area contributed by atoms with E-state index in [2.05, 4.69) is 4.72 Å². The third kappa shape index (κ3) is 8.67. The first-order chi connectivity index (χ1) is 12.6. The molecule has 9 nitrogen and oxygen atoms in total. The molecule has 0 aromatic heterocycles. The summed E-state index contributed by atoms with van der Waals surface area (Å²) in [5.41, 5.74) is 0.978. The summed E-state index contributed by atoms with van der Waals surface area (Å²) in [5, 5.41) is 1.67. The maximum absolute atomic E-state index is 12.7. The highest BCUT2D eigenvalue weighted by Gasteiger charge is 2.18. The SMILES string of the molecule is CN(C)c1ccc2cccc(S(=O)(=O)NCC[N+](C)(C)C)c2c1.[O-][Cl+3]([O-])([O-])O. The van der Waals surface area contributed by atoms with Crippen molar-refractivity contribution in [3.63, 3.8) is 0 Å². The van der Waals surface area contributed by atoms with Crippen molar-refractivity contribution >= 4 is 26.5 Å². The standard InChI is InChI=1S/C17H26N3O2S.ClHO4/c1-19(2)15-10-9-14-7-6-8-17(16(14)13-15)23(21,22)18-11-12-20(3,4)5;2-1(3,4)5/h6-10,13,18H,11-12H2,1-5H3;(H,2,3,4,5)/q+1;. The van der Waals surface area contributed by atoms with Gasteiger partial charge in [-0.15, -0.1) is 0 Å². The van der Waals surface area contributed by atoms with Crippen molar-refractivity contribution in [3.05, 3.63) is 36.4 Å². The first-order valence-corrected chi connectivity index (χ1v) is 11.0. The molecule has 0 unspecified atom stereocenters. The minimum absolute atomic E-state index is 0.333. The summed E-state index contributed by atoms with van der Waals surface area (Å²) in [5.74, 6) is 0. The van der Waals surface area contributed by atoms with Crippen molar-refractivity contribution in [2.45, 2.75) is 4.90 Å². The van der Waals surface area contributed by atoms with Gasteiger partial charge in [-0.05, 0) is 23.6 Å². The van der Waals surface area contributed by atoms with Gasteiger partial charge in [-0.1, -0.05) is 18.2 Å². The van der Waals surface area contributed by atoms with E-state index in [0.29, 0.717) is 15.9 Å². The Bertz CT molecular complexity index is 886. The number of sulfonamides is 1. The van der Waals surface area contributed by atoms with Crippen LogP contribution < -0.4 is 23.6 Å². The molecule has 0 fully saturated rings. The van der Waals surface area contributed by atoms with Crippen molar-refractivity contribution in [2.75, 3.05) is 53.2 Å². The average molecular weight is 437 g/mol. The molecule has 2 rings (SSSR count). The van der Waals surface area contributed by atoms with Gasteiger partial charge in [0.1, 0.15) is 0 Å². The van der Waals surface area contributed by atoms with Gasteiger partial charge >= 0.3 is 0 Å². The molecule has 0 saturated heterocycles. The van der Waals surface area contributed by atoms with Crippen molar-refractivity contribution in [2.24, 2.45) is 0 Å². The molecule has 0 bridgehead atoms. The zero-order chi connectivity index (χ0) is 21.8. The second-order valence-electron chi connectivity index (χ2n) is 7.36. The molecular formula is C17H27ClN3O6S+. The number of halogens is 1. The number of quaternary nitrogens is 1. The number of nitrogens with zero attached hydrogens (tertiary/aromatic N) is 2. The molecule has 2 N–H and O–H groups in total. The van der Waals surface area contributed by atoms with Gasteiger partial charge in [-0.2, -0.15) is 14.0 Å². The highest BCUT2D eigenvalue weighted by Crippen LogP contribution is 2.27. The monoisotopic (exact) mass is 436 g/mol. The quantitative estimate of drug-likeness (QED) is 0.488. The molecule has 0 aliphatic heterocycles. The number of hydrogen-bond donors (Lipinski definition) is 2. The van der Waals surface area contributed by atoms with Crippen LogP contribution in [0.2, 0.25) is 0 Å². The third-order valence-corrected chi connectivity index (χ3v) is 5.23. The number of rotatable bonds is 6. The van der Waals surface area contributed by atoms with Crippen LogP contribution in [0.4, 0.5) is 5.69 Å². The minimum atomic E-state index is -4.69. The van der Waals surface area contributed by atoms with E-state index in [-0.39, 0.29) is 0 Å². The summed E-state index contributed by atoms with van der Waals surface area (Å²) in [6.07, 6.45) is 0. The minimum Gasteiger partial charge on any atom is -0.378 e. The number of nitrogens with one attached hydrogen (secondary N) is 1. The molecule has 0 aliphatic carbocycles. The number of anilines is 1. The average Bonchev–Trinajstić information content (AvgIpc) is 2.50. The second-order valence-corrected chi connectivity index (χ2v) is 9.89. The van der Waals surface area contributed by atoms with Crippen molar-refractivity contribution in [1.29, 1.82) is 0 Å². The van der Waals surface area contributed by atoms with Gasteiger partial charge in [0.15, 0.2) is 0 Å². The number of benzene rings is 2. The maximum atomic E-state index is 12.7. The molecule has 0 spiro atoms. The Morgan fingerprint density at radius 1 is 1.11 bits per heavy atom. The fourth-order valence-corrected chi connectivity index (χ4v) is 3.58. The predicted octanol–water partition coefficient (Wildman–Crippen LogP) is -2.23. The lowest BCUT2D eigenvalue weighted by Gasteiger charge is -2.23. The molecule has 0 saturated carbocycles. The van der Waals surface area contributed by atoms with Crippen LogP contribution in [0.15, 0.2) is 41.3 Å². The van der Waals surface area contributed by atoms with Crippen LogP contribution in [0.5, 0.6) is 0 Å². The van der Waals surface area contributed by atoms with Gasteiger partial charge < -0.3 is 9.38 Å². The highest BCUT2D eigenvalue weighted by atomic mass is 35.7. The van der Waals surface area contributed by atoms with Crippen LogP contribution in [0.25, 0.3) is 10.8 Å². The fourth-order valence-electron chi connectivity index (χ4n) is 2.34. The summed E-state index contributed by atoms with van der Waals surface area (Å²) in [7, 11) is 1.77. The van der Waals surface area contributed by atoms with E-state index in [1.807, 2.05) is 64.4 Å². The van der Waals surface area contributed by atoms with E-state index in [4.69, 9.17) is 18.6 Å². The molecular weight excluding hydrogens is 410 g/mol. The van der Waals surface area contributed by atoms with Gasteiger partial charge in [0.2, 0.25) is 10.0 Å². The van der Waals surface area contributed by atoms with Gasteiger partial charge in [-0.3, -0.25) is 0 Å². The smallest absolute Gasteiger partial charge is 0.241 e. The van der Waals surface area contributed by atoms with Crippen molar-refractivity contribution in [1.82, 2.24) is 4.72 Å². The Labute approximate surface area is 167 Å². The zero-order valence-electron chi connectivity index (χ0n) is 16.5. The van der Waals surface area contributed by atoms with Crippen LogP contribution in [-0.2, 0) is 10.0 Å². The van der Waals surface area contributed by atoms with Crippen molar-refractivity contribution < 1.29 is 41.8 Å².